The zero-order chi connectivity index (χ0) is 14.3. The third-order valence-corrected chi connectivity index (χ3v) is 2.97. The van der Waals surface area contributed by atoms with Gasteiger partial charge in [-0.3, -0.25) is 0 Å². The molecule has 19 heavy (non-hydrogen) atoms. The van der Waals surface area contributed by atoms with Crippen LogP contribution in [-0.4, -0.2) is 19.2 Å². The summed E-state index contributed by atoms with van der Waals surface area (Å²) in [6, 6.07) is 4.93. The van der Waals surface area contributed by atoms with Gasteiger partial charge in [-0.1, -0.05) is 27.2 Å². The number of hydrogen-bond acceptors (Lipinski definition) is 2. The Hall–Kier alpha value is -1.09. The zero-order valence-corrected chi connectivity index (χ0v) is 12.5. The van der Waals surface area contributed by atoms with Crippen LogP contribution in [0.4, 0.5) is 4.39 Å². The molecule has 0 saturated carbocycles. The SMILES string of the molecule is CCCC(CNCC(C)C)Oc1ccc(F)c(C)c1. The van der Waals surface area contributed by atoms with Crippen molar-refractivity contribution in [3.63, 3.8) is 0 Å². The highest BCUT2D eigenvalue weighted by molar-refractivity contribution is 5.29. The highest BCUT2D eigenvalue weighted by Crippen LogP contribution is 2.18. The molecule has 0 heterocycles. The first kappa shape index (κ1) is 16.0. The van der Waals surface area contributed by atoms with Gasteiger partial charge in [-0.15, -0.1) is 0 Å². The molecule has 1 rings (SSSR count). The van der Waals surface area contributed by atoms with Gasteiger partial charge in [0, 0.05) is 6.54 Å². The number of benzene rings is 1. The topological polar surface area (TPSA) is 21.3 Å². The molecule has 0 saturated heterocycles. The first-order chi connectivity index (χ1) is 9.02. The summed E-state index contributed by atoms with van der Waals surface area (Å²) in [6.07, 6.45) is 2.23. The van der Waals surface area contributed by atoms with Crippen molar-refractivity contribution in [2.24, 2.45) is 5.92 Å². The van der Waals surface area contributed by atoms with Crippen molar-refractivity contribution in [1.29, 1.82) is 0 Å². The Morgan fingerprint density at radius 1 is 1.26 bits per heavy atom. The molecule has 1 aromatic carbocycles. The van der Waals surface area contributed by atoms with E-state index in [1.165, 1.54) is 6.07 Å². The van der Waals surface area contributed by atoms with Crippen molar-refractivity contribution in [3.8, 4) is 5.75 Å². The van der Waals surface area contributed by atoms with E-state index in [9.17, 15) is 4.39 Å². The Morgan fingerprint density at radius 2 is 2.00 bits per heavy atom. The molecule has 0 bridgehead atoms. The molecule has 1 unspecified atom stereocenters. The van der Waals surface area contributed by atoms with Crippen LogP contribution in [0.15, 0.2) is 18.2 Å². The van der Waals surface area contributed by atoms with Crippen LogP contribution in [0.2, 0.25) is 0 Å². The fourth-order valence-corrected chi connectivity index (χ4v) is 1.94. The summed E-state index contributed by atoms with van der Waals surface area (Å²) in [6.45, 7) is 10.1. The fourth-order valence-electron chi connectivity index (χ4n) is 1.94. The van der Waals surface area contributed by atoms with Crippen molar-refractivity contribution < 1.29 is 9.13 Å². The molecule has 1 N–H and O–H groups in total. The molecule has 0 aliphatic heterocycles. The van der Waals surface area contributed by atoms with Crippen molar-refractivity contribution in [2.45, 2.75) is 46.6 Å². The average Bonchev–Trinajstić information content (AvgIpc) is 2.33. The van der Waals surface area contributed by atoms with Crippen LogP contribution < -0.4 is 10.1 Å². The van der Waals surface area contributed by atoms with Gasteiger partial charge in [0.05, 0.1) is 0 Å². The summed E-state index contributed by atoms with van der Waals surface area (Å²) in [5, 5.41) is 3.42. The predicted octanol–water partition coefficient (Wildman–Crippen LogP) is 3.93. The molecule has 0 spiro atoms. The molecule has 1 atom stereocenters. The molecule has 0 aliphatic rings. The summed E-state index contributed by atoms with van der Waals surface area (Å²) < 4.78 is 19.2. The minimum Gasteiger partial charge on any atom is -0.489 e. The number of halogens is 1. The maximum absolute atomic E-state index is 13.2. The molecule has 0 amide bonds. The molecule has 108 valence electrons. The Labute approximate surface area is 116 Å². The normalized spacial score (nSPS) is 12.7. The zero-order valence-electron chi connectivity index (χ0n) is 12.5. The van der Waals surface area contributed by atoms with Gasteiger partial charge in [0.25, 0.3) is 0 Å². The smallest absolute Gasteiger partial charge is 0.126 e. The molecule has 0 aliphatic carbocycles. The first-order valence-electron chi connectivity index (χ1n) is 7.16. The van der Waals surface area contributed by atoms with E-state index in [0.717, 1.165) is 31.7 Å². The monoisotopic (exact) mass is 267 g/mol. The predicted molar refractivity (Wildman–Crippen MR) is 78.2 cm³/mol. The van der Waals surface area contributed by atoms with Crippen LogP contribution in [0.5, 0.6) is 5.75 Å². The maximum atomic E-state index is 13.2. The quantitative estimate of drug-likeness (QED) is 0.770. The second-order valence-electron chi connectivity index (χ2n) is 5.49. The van der Waals surface area contributed by atoms with Crippen LogP contribution >= 0.6 is 0 Å². The molecule has 0 fully saturated rings. The van der Waals surface area contributed by atoms with E-state index in [0.29, 0.717) is 11.5 Å². The number of hydrogen-bond donors (Lipinski definition) is 1. The number of rotatable bonds is 8. The summed E-state index contributed by atoms with van der Waals surface area (Å²) in [4.78, 5) is 0. The molecule has 1 aromatic rings. The summed E-state index contributed by atoms with van der Waals surface area (Å²) >= 11 is 0. The first-order valence-corrected chi connectivity index (χ1v) is 7.16. The van der Waals surface area contributed by atoms with E-state index in [1.807, 2.05) is 0 Å². The third kappa shape index (κ3) is 6.06. The molecule has 0 aromatic heterocycles. The summed E-state index contributed by atoms with van der Waals surface area (Å²) in [7, 11) is 0. The highest BCUT2D eigenvalue weighted by Gasteiger charge is 2.10. The molecular weight excluding hydrogens is 241 g/mol. The van der Waals surface area contributed by atoms with Gasteiger partial charge in [0.2, 0.25) is 0 Å². The van der Waals surface area contributed by atoms with Gasteiger partial charge in [0.15, 0.2) is 0 Å². The number of ether oxygens (including phenoxy) is 1. The van der Waals surface area contributed by atoms with E-state index >= 15 is 0 Å². The van der Waals surface area contributed by atoms with Crippen LogP contribution in [0.25, 0.3) is 0 Å². The second-order valence-corrected chi connectivity index (χ2v) is 5.49. The minimum atomic E-state index is -0.183. The molecule has 3 heteroatoms. The largest absolute Gasteiger partial charge is 0.489 e. The Kier molecular flexibility index (Phi) is 6.85. The molecule has 0 radical (unpaired) electrons. The van der Waals surface area contributed by atoms with E-state index in [2.05, 4.69) is 26.1 Å². The van der Waals surface area contributed by atoms with Crippen LogP contribution in [0.1, 0.15) is 39.2 Å². The van der Waals surface area contributed by atoms with E-state index < -0.39 is 0 Å². The lowest BCUT2D eigenvalue weighted by Gasteiger charge is -2.20. The van der Waals surface area contributed by atoms with Gasteiger partial charge in [-0.05, 0) is 49.6 Å². The van der Waals surface area contributed by atoms with Gasteiger partial charge in [0.1, 0.15) is 17.7 Å². The van der Waals surface area contributed by atoms with Gasteiger partial charge in [-0.25, -0.2) is 4.39 Å². The average molecular weight is 267 g/mol. The lowest BCUT2D eigenvalue weighted by atomic mass is 10.1. The highest BCUT2D eigenvalue weighted by atomic mass is 19.1. The van der Waals surface area contributed by atoms with Crippen molar-refractivity contribution in [1.82, 2.24) is 5.32 Å². The van der Waals surface area contributed by atoms with Gasteiger partial charge in [-0.2, -0.15) is 0 Å². The van der Waals surface area contributed by atoms with E-state index in [-0.39, 0.29) is 11.9 Å². The summed E-state index contributed by atoms with van der Waals surface area (Å²) in [5.74, 6) is 1.20. The summed E-state index contributed by atoms with van der Waals surface area (Å²) in [5.41, 5.74) is 0.628. The Balaban J connectivity index is 2.54. The molecular formula is C16H26FNO. The van der Waals surface area contributed by atoms with E-state index in [4.69, 9.17) is 4.74 Å². The van der Waals surface area contributed by atoms with Gasteiger partial charge >= 0.3 is 0 Å². The maximum Gasteiger partial charge on any atom is 0.126 e. The van der Waals surface area contributed by atoms with Crippen LogP contribution in [0, 0.1) is 18.7 Å². The van der Waals surface area contributed by atoms with Crippen LogP contribution in [0.3, 0.4) is 0 Å². The Bertz CT molecular complexity index is 379. The lowest BCUT2D eigenvalue weighted by molar-refractivity contribution is 0.185. The third-order valence-electron chi connectivity index (χ3n) is 2.97. The Morgan fingerprint density at radius 3 is 2.58 bits per heavy atom. The number of aryl methyl sites for hydroxylation is 1. The fraction of sp³-hybridized carbons (Fsp3) is 0.625. The van der Waals surface area contributed by atoms with Crippen LogP contribution in [-0.2, 0) is 0 Å². The van der Waals surface area contributed by atoms with Gasteiger partial charge < -0.3 is 10.1 Å². The lowest BCUT2D eigenvalue weighted by Crippen LogP contribution is -2.33. The number of nitrogens with one attached hydrogen (secondary N) is 1. The van der Waals surface area contributed by atoms with E-state index in [1.54, 1.807) is 19.1 Å². The van der Waals surface area contributed by atoms with Crippen molar-refractivity contribution >= 4 is 0 Å². The standard InChI is InChI=1S/C16H26FNO/c1-5-6-15(11-18-10-12(2)3)19-14-7-8-16(17)13(4)9-14/h7-9,12,15,18H,5-6,10-11H2,1-4H3. The molecule has 2 nitrogen and oxygen atoms in total. The van der Waals surface area contributed by atoms with Crippen molar-refractivity contribution in [2.75, 3.05) is 13.1 Å². The van der Waals surface area contributed by atoms with Crippen molar-refractivity contribution in [3.05, 3.63) is 29.6 Å². The second kappa shape index (κ2) is 8.16. The minimum absolute atomic E-state index is 0.147.